The normalized spacial score (nSPS) is 13.7. The van der Waals surface area contributed by atoms with E-state index in [1.54, 1.807) is 7.11 Å². The van der Waals surface area contributed by atoms with Crippen LogP contribution in [0, 0.1) is 0 Å². The zero-order valence-corrected chi connectivity index (χ0v) is 6.40. The van der Waals surface area contributed by atoms with Crippen LogP contribution in [-0.2, 0) is 4.74 Å². The molecule has 9 heavy (non-hydrogen) atoms. The minimum Gasteiger partial charge on any atom is -0.353 e. The maximum absolute atomic E-state index is 4.98. The minimum absolute atomic E-state index is 0.00458. The molecule has 0 spiro atoms. The average Bonchev–Trinajstić information content (AvgIpc) is 1.91. The molecule has 0 amide bonds. The van der Waals surface area contributed by atoms with Gasteiger partial charge in [0, 0.05) is 7.11 Å². The summed E-state index contributed by atoms with van der Waals surface area (Å²) in [4.78, 5) is 0. The zero-order chi connectivity index (χ0) is 7.11. The topological polar surface area (TPSA) is 33.3 Å². The van der Waals surface area contributed by atoms with Crippen molar-refractivity contribution in [1.82, 2.24) is 10.6 Å². The molecule has 0 aliphatic carbocycles. The van der Waals surface area contributed by atoms with E-state index in [0.29, 0.717) is 0 Å². The molecule has 0 saturated heterocycles. The minimum atomic E-state index is 0.00458. The summed E-state index contributed by atoms with van der Waals surface area (Å²) in [5.74, 6) is 0. The lowest BCUT2D eigenvalue weighted by Gasteiger charge is -2.14. The van der Waals surface area contributed by atoms with Gasteiger partial charge in [-0.05, 0) is 20.0 Å². The molecule has 2 N–H and O–H groups in total. The van der Waals surface area contributed by atoms with Crippen LogP contribution in [0.1, 0.15) is 13.3 Å². The molecule has 0 aromatic heterocycles. The van der Waals surface area contributed by atoms with Crippen molar-refractivity contribution in [3.8, 4) is 0 Å². The van der Waals surface area contributed by atoms with E-state index in [9.17, 15) is 0 Å². The average molecular weight is 132 g/mol. The van der Waals surface area contributed by atoms with E-state index >= 15 is 0 Å². The highest BCUT2D eigenvalue weighted by molar-refractivity contribution is 4.46. The fourth-order valence-electron chi connectivity index (χ4n) is 0.579. The highest BCUT2D eigenvalue weighted by Crippen LogP contribution is 1.77. The van der Waals surface area contributed by atoms with Gasteiger partial charge in [0.15, 0.2) is 6.35 Å². The van der Waals surface area contributed by atoms with Gasteiger partial charge in [-0.3, -0.25) is 10.6 Å². The van der Waals surface area contributed by atoms with E-state index in [2.05, 4.69) is 17.6 Å². The smallest absolute Gasteiger partial charge is 0.162 e. The van der Waals surface area contributed by atoms with Gasteiger partial charge in [-0.25, -0.2) is 0 Å². The first kappa shape index (κ1) is 8.88. The van der Waals surface area contributed by atoms with Crippen molar-refractivity contribution in [3.63, 3.8) is 0 Å². The van der Waals surface area contributed by atoms with Crippen LogP contribution in [0.2, 0.25) is 0 Å². The molecule has 0 heterocycles. The van der Waals surface area contributed by atoms with Crippen LogP contribution in [0.4, 0.5) is 0 Å². The Morgan fingerprint density at radius 1 is 1.56 bits per heavy atom. The van der Waals surface area contributed by atoms with Gasteiger partial charge in [0.2, 0.25) is 0 Å². The first-order valence-electron chi connectivity index (χ1n) is 3.28. The summed E-state index contributed by atoms with van der Waals surface area (Å²) in [6.45, 7) is 3.11. The lowest BCUT2D eigenvalue weighted by molar-refractivity contribution is 0.0528. The number of rotatable bonds is 5. The second kappa shape index (κ2) is 6.01. The molecule has 0 aromatic carbocycles. The van der Waals surface area contributed by atoms with Gasteiger partial charge in [-0.15, -0.1) is 0 Å². The van der Waals surface area contributed by atoms with Crippen LogP contribution in [0.3, 0.4) is 0 Å². The van der Waals surface area contributed by atoms with Crippen molar-refractivity contribution in [2.75, 3.05) is 20.7 Å². The highest BCUT2D eigenvalue weighted by Gasteiger charge is 1.97. The molecule has 0 aromatic rings. The Bertz CT molecular complexity index is 55.0. The van der Waals surface area contributed by atoms with Crippen LogP contribution in [-0.4, -0.2) is 27.1 Å². The molecule has 0 saturated carbocycles. The third-order valence-corrected chi connectivity index (χ3v) is 1.08. The summed E-state index contributed by atoms with van der Waals surface area (Å²) in [7, 11) is 3.53. The molecule has 3 nitrogen and oxygen atoms in total. The first-order chi connectivity index (χ1) is 4.35. The third kappa shape index (κ3) is 4.39. The SMILES string of the molecule is CCCNC(NC)OC. The van der Waals surface area contributed by atoms with E-state index in [0.717, 1.165) is 13.0 Å². The molecule has 0 radical (unpaired) electrons. The standard InChI is InChI=1S/C6H16N2O/c1-4-5-8-6(7-2)9-3/h6-8H,4-5H2,1-3H3. The maximum atomic E-state index is 4.98. The fraction of sp³-hybridized carbons (Fsp3) is 1.00. The molecule has 3 heteroatoms. The van der Waals surface area contributed by atoms with E-state index < -0.39 is 0 Å². The van der Waals surface area contributed by atoms with Gasteiger partial charge in [-0.1, -0.05) is 6.92 Å². The molecule has 0 bridgehead atoms. The number of hydrogen-bond donors (Lipinski definition) is 2. The van der Waals surface area contributed by atoms with Crippen molar-refractivity contribution >= 4 is 0 Å². The summed E-state index contributed by atoms with van der Waals surface area (Å²) in [6, 6.07) is 0. The fourth-order valence-corrected chi connectivity index (χ4v) is 0.579. The molecule has 1 unspecified atom stereocenters. The molecule has 56 valence electrons. The van der Waals surface area contributed by atoms with Crippen molar-refractivity contribution in [2.45, 2.75) is 19.7 Å². The predicted molar refractivity (Wildman–Crippen MR) is 38.2 cm³/mol. The Hall–Kier alpha value is -0.120. The zero-order valence-electron chi connectivity index (χ0n) is 6.40. The van der Waals surface area contributed by atoms with E-state index in [-0.39, 0.29) is 6.35 Å². The lowest BCUT2D eigenvalue weighted by Crippen LogP contribution is -2.41. The van der Waals surface area contributed by atoms with Crippen molar-refractivity contribution < 1.29 is 4.74 Å². The number of methoxy groups -OCH3 is 1. The first-order valence-corrected chi connectivity index (χ1v) is 3.28. The van der Waals surface area contributed by atoms with Crippen molar-refractivity contribution in [2.24, 2.45) is 0 Å². The Morgan fingerprint density at radius 3 is 2.56 bits per heavy atom. The number of hydrogen-bond acceptors (Lipinski definition) is 3. The number of ether oxygens (including phenoxy) is 1. The summed E-state index contributed by atoms with van der Waals surface area (Å²) in [6.07, 6.45) is 1.13. The van der Waals surface area contributed by atoms with E-state index in [4.69, 9.17) is 4.74 Å². The van der Waals surface area contributed by atoms with Gasteiger partial charge in [0.05, 0.1) is 0 Å². The van der Waals surface area contributed by atoms with Crippen LogP contribution < -0.4 is 10.6 Å². The monoisotopic (exact) mass is 132 g/mol. The van der Waals surface area contributed by atoms with E-state index in [1.807, 2.05) is 7.05 Å². The summed E-state index contributed by atoms with van der Waals surface area (Å²) < 4.78 is 4.98. The molecule has 1 atom stereocenters. The lowest BCUT2D eigenvalue weighted by atomic mass is 10.5. The Kier molecular flexibility index (Phi) is 5.93. The van der Waals surface area contributed by atoms with Gasteiger partial charge >= 0.3 is 0 Å². The Morgan fingerprint density at radius 2 is 2.22 bits per heavy atom. The second-order valence-electron chi connectivity index (χ2n) is 1.86. The van der Waals surface area contributed by atoms with Crippen LogP contribution in [0.15, 0.2) is 0 Å². The number of nitrogens with one attached hydrogen (secondary N) is 2. The van der Waals surface area contributed by atoms with Crippen molar-refractivity contribution in [1.29, 1.82) is 0 Å². The predicted octanol–water partition coefficient (Wildman–Crippen LogP) is 0.135. The van der Waals surface area contributed by atoms with E-state index in [1.165, 1.54) is 0 Å². The summed E-state index contributed by atoms with van der Waals surface area (Å²) in [5, 5.41) is 6.09. The molecule has 0 aliphatic heterocycles. The quantitative estimate of drug-likeness (QED) is 0.522. The molecule has 0 fully saturated rings. The molecular formula is C6H16N2O. The summed E-state index contributed by atoms with van der Waals surface area (Å²) in [5.41, 5.74) is 0. The van der Waals surface area contributed by atoms with Crippen molar-refractivity contribution in [3.05, 3.63) is 0 Å². The molecule has 0 rings (SSSR count). The van der Waals surface area contributed by atoms with Gasteiger partial charge in [0.1, 0.15) is 0 Å². The van der Waals surface area contributed by atoms with Crippen LogP contribution in [0.25, 0.3) is 0 Å². The van der Waals surface area contributed by atoms with Gasteiger partial charge in [0.25, 0.3) is 0 Å². The maximum Gasteiger partial charge on any atom is 0.162 e. The second-order valence-corrected chi connectivity index (χ2v) is 1.86. The highest BCUT2D eigenvalue weighted by atomic mass is 16.5. The van der Waals surface area contributed by atoms with Crippen LogP contribution in [0.5, 0.6) is 0 Å². The molecular weight excluding hydrogens is 116 g/mol. The molecule has 0 aliphatic rings. The largest absolute Gasteiger partial charge is 0.353 e. The summed E-state index contributed by atoms with van der Waals surface area (Å²) >= 11 is 0. The van der Waals surface area contributed by atoms with Gasteiger partial charge in [-0.2, -0.15) is 0 Å². The van der Waals surface area contributed by atoms with Gasteiger partial charge < -0.3 is 4.74 Å². The Balaban J connectivity index is 3.09. The third-order valence-electron chi connectivity index (χ3n) is 1.08. The Labute approximate surface area is 56.8 Å². The van der Waals surface area contributed by atoms with Crippen LogP contribution >= 0.6 is 0 Å².